The van der Waals surface area contributed by atoms with Crippen molar-refractivity contribution in [2.75, 3.05) is 7.11 Å². The predicted octanol–water partition coefficient (Wildman–Crippen LogP) is 4.04. The zero-order valence-electron chi connectivity index (χ0n) is 12.4. The topological polar surface area (TPSA) is 38.7 Å². The van der Waals surface area contributed by atoms with Gasteiger partial charge in [-0.3, -0.25) is 0 Å². The van der Waals surface area contributed by atoms with Crippen LogP contribution in [0.5, 0.6) is 11.5 Å². The number of benzene rings is 2. The van der Waals surface area contributed by atoms with Crippen LogP contribution in [0.3, 0.4) is 0 Å². The van der Waals surface area contributed by atoms with Crippen molar-refractivity contribution in [2.45, 2.75) is 27.1 Å². The molecule has 2 aromatic rings. The highest BCUT2D eigenvalue weighted by molar-refractivity contribution is 6.30. The minimum absolute atomic E-state index is 0.154. The molecule has 2 aromatic carbocycles. The molecule has 0 aliphatic carbocycles. The van der Waals surface area contributed by atoms with Gasteiger partial charge in [0.25, 0.3) is 0 Å². The monoisotopic (exact) mass is 306 g/mol. The lowest BCUT2D eigenvalue weighted by atomic mass is 10.0. The Labute approximate surface area is 130 Å². The SMILES string of the molecule is COc1cc(Cl)cc(CO)c1OCc1c(C)cccc1C. The highest BCUT2D eigenvalue weighted by Gasteiger charge is 2.13. The summed E-state index contributed by atoms with van der Waals surface area (Å²) in [5.41, 5.74) is 4.10. The normalized spacial score (nSPS) is 10.5. The third-order valence-electron chi connectivity index (χ3n) is 3.49. The standard InChI is InChI=1S/C17H19ClO3/c1-11-5-4-6-12(2)15(11)10-21-17-13(9-19)7-14(18)8-16(17)20-3/h4-8,19H,9-10H2,1-3H3. The van der Waals surface area contributed by atoms with Crippen molar-refractivity contribution in [2.24, 2.45) is 0 Å². The van der Waals surface area contributed by atoms with Crippen molar-refractivity contribution in [3.05, 3.63) is 57.6 Å². The number of aliphatic hydroxyl groups is 1. The van der Waals surface area contributed by atoms with Gasteiger partial charge in [-0.15, -0.1) is 0 Å². The molecule has 0 aliphatic rings. The molecule has 0 fully saturated rings. The maximum Gasteiger partial charge on any atom is 0.167 e. The molecule has 0 aromatic heterocycles. The van der Waals surface area contributed by atoms with E-state index in [0.29, 0.717) is 28.7 Å². The van der Waals surface area contributed by atoms with E-state index in [-0.39, 0.29) is 6.61 Å². The Balaban J connectivity index is 2.31. The van der Waals surface area contributed by atoms with Gasteiger partial charge in [-0.25, -0.2) is 0 Å². The summed E-state index contributed by atoms with van der Waals surface area (Å²) in [6.45, 7) is 4.37. The molecule has 0 spiro atoms. The van der Waals surface area contributed by atoms with Gasteiger partial charge in [-0.2, -0.15) is 0 Å². The number of methoxy groups -OCH3 is 1. The van der Waals surface area contributed by atoms with Crippen molar-refractivity contribution < 1.29 is 14.6 Å². The average molecular weight is 307 g/mol. The smallest absolute Gasteiger partial charge is 0.167 e. The summed E-state index contributed by atoms with van der Waals surface area (Å²) < 4.78 is 11.2. The van der Waals surface area contributed by atoms with Gasteiger partial charge in [-0.1, -0.05) is 29.8 Å². The second-order valence-electron chi connectivity index (χ2n) is 4.91. The van der Waals surface area contributed by atoms with E-state index in [0.717, 1.165) is 5.56 Å². The molecule has 0 unspecified atom stereocenters. The van der Waals surface area contributed by atoms with Gasteiger partial charge in [-0.05, 0) is 36.6 Å². The number of rotatable bonds is 5. The van der Waals surface area contributed by atoms with Crippen LogP contribution in [0.1, 0.15) is 22.3 Å². The molecule has 0 saturated carbocycles. The number of aliphatic hydroxyl groups excluding tert-OH is 1. The van der Waals surface area contributed by atoms with Crippen LogP contribution in [0.15, 0.2) is 30.3 Å². The number of halogens is 1. The van der Waals surface area contributed by atoms with Gasteiger partial charge >= 0.3 is 0 Å². The van der Waals surface area contributed by atoms with Crippen molar-refractivity contribution >= 4 is 11.6 Å². The summed E-state index contributed by atoms with van der Waals surface area (Å²) in [6, 6.07) is 9.50. The lowest BCUT2D eigenvalue weighted by Gasteiger charge is -2.16. The molecule has 2 rings (SSSR count). The molecule has 0 saturated heterocycles. The van der Waals surface area contributed by atoms with E-state index in [1.165, 1.54) is 11.1 Å². The van der Waals surface area contributed by atoms with Crippen LogP contribution < -0.4 is 9.47 Å². The number of aryl methyl sites for hydroxylation is 2. The molecule has 0 radical (unpaired) electrons. The largest absolute Gasteiger partial charge is 0.493 e. The molecule has 112 valence electrons. The van der Waals surface area contributed by atoms with Crippen LogP contribution in [0.25, 0.3) is 0 Å². The Morgan fingerprint density at radius 2 is 1.81 bits per heavy atom. The van der Waals surface area contributed by atoms with E-state index in [9.17, 15) is 5.11 Å². The number of hydrogen-bond donors (Lipinski definition) is 1. The molecule has 0 heterocycles. The Kier molecular flexibility index (Phi) is 5.10. The lowest BCUT2D eigenvalue weighted by Crippen LogP contribution is -2.04. The fourth-order valence-electron chi connectivity index (χ4n) is 2.28. The predicted molar refractivity (Wildman–Crippen MR) is 84.2 cm³/mol. The minimum atomic E-state index is -0.154. The Bertz CT molecular complexity index is 593. The van der Waals surface area contributed by atoms with E-state index in [4.69, 9.17) is 21.1 Å². The third kappa shape index (κ3) is 3.49. The summed E-state index contributed by atoms with van der Waals surface area (Å²) in [5.74, 6) is 1.06. The summed E-state index contributed by atoms with van der Waals surface area (Å²) in [7, 11) is 1.55. The van der Waals surface area contributed by atoms with Gasteiger partial charge < -0.3 is 14.6 Å². The summed E-state index contributed by atoms with van der Waals surface area (Å²) >= 11 is 6.00. The maximum absolute atomic E-state index is 9.48. The van der Waals surface area contributed by atoms with E-state index >= 15 is 0 Å². The zero-order chi connectivity index (χ0) is 15.4. The molecular weight excluding hydrogens is 288 g/mol. The third-order valence-corrected chi connectivity index (χ3v) is 3.71. The number of hydrogen-bond acceptors (Lipinski definition) is 3. The minimum Gasteiger partial charge on any atom is -0.493 e. The van der Waals surface area contributed by atoms with Crippen molar-refractivity contribution in [1.29, 1.82) is 0 Å². The Morgan fingerprint density at radius 1 is 1.14 bits per heavy atom. The van der Waals surface area contributed by atoms with Crippen molar-refractivity contribution in [3.63, 3.8) is 0 Å². The second-order valence-corrected chi connectivity index (χ2v) is 5.35. The van der Waals surface area contributed by atoms with E-state index in [2.05, 4.69) is 26.0 Å². The van der Waals surface area contributed by atoms with Crippen LogP contribution >= 0.6 is 11.6 Å². The summed E-state index contributed by atoms with van der Waals surface area (Å²) in [6.07, 6.45) is 0. The average Bonchev–Trinajstić information content (AvgIpc) is 2.47. The van der Waals surface area contributed by atoms with Crippen LogP contribution in [0, 0.1) is 13.8 Å². The number of ether oxygens (including phenoxy) is 2. The molecule has 21 heavy (non-hydrogen) atoms. The maximum atomic E-state index is 9.48. The summed E-state index contributed by atoms with van der Waals surface area (Å²) in [4.78, 5) is 0. The molecule has 3 nitrogen and oxygen atoms in total. The van der Waals surface area contributed by atoms with E-state index < -0.39 is 0 Å². The molecule has 4 heteroatoms. The van der Waals surface area contributed by atoms with Crippen LogP contribution in [0.2, 0.25) is 5.02 Å². The molecule has 0 bridgehead atoms. The molecule has 0 aliphatic heterocycles. The first kappa shape index (κ1) is 15.7. The van der Waals surface area contributed by atoms with E-state index in [1.807, 2.05) is 6.07 Å². The van der Waals surface area contributed by atoms with Gasteiger partial charge in [0, 0.05) is 16.7 Å². The molecule has 0 amide bonds. The van der Waals surface area contributed by atoms with E-state index in [1.54, 1.807) is 19.2 Å². The van der Waals surface area contributed by atoms with Crippen LogP contribution in [-0.4, -0.2) is 12.2 Å². The van der Waals surface area contributed by atoms with Gasteiger partial charge in [0.2, 0.25) is 0 Å². The fourth-order valence-corrected chi connectivity index (χ4v) is 2.51. The first-order valence-corrected chi connectivity index (χ1v) is 7.09. The van der Waals surface area contributed by atoms with Gasteiger partial charge in [0.15, 0.2) is 11.5 Å². The van der Waals surface area contributed by atoms with Crippen molar-refractivity contribution in [1.82, 2.24) is 0 Å². The van der Waals surface area contributed by atoms with Crippen LogP contribution in [0.4, 0.5) is 0 Å². The highest BCUT2D eigenvalue weighted by atomic mass is 35.5. The van der Waals surface area contributed by atoms with Crippen molar-refractivity contribution in [3.8, 4) is 11.5 Å². The summed E-state index contributed by atoms with van der Waals surface area (Å²) in [5, 5.41) is 9.98. The first-order valence-electron chi connectivity index (χ1n) is 6.72. The quantitative estimate of drug-likeness (QED) is 0.906. The molecule has 1 N–H and O–H groups in total. The Morgan fingerprint density at radius 3 is 2.38 bits per heavy atom. The Hall–Kier alpha value is -1.71. The highest BCUT2D eigenvalue weighted by Crippen LogP contribution is 2.35. The second kappa shape index (κ2) is 6.83. The zero-order valence-corrected chi connectivity index (χ0v) is 13.2. The molecule has 0 atom stereocenters. The van der Waals surface area contributed by atoms with Gasteiger partial charge in [0.05, 0.1) is 13.7 Å². The van der Waals surface area contributed by atoms with Gasteiger partial charge in [0.1, 0.15) is 6.61 Å². The lowest BCUT2D eigenvalue weighted by molar-refractivity contribution is 0.249. The first-order chi connectivity index (χ1) is 10.1. The fraction of sp³-hybridized carbons (Fsp3) is 0.294. The van der Waals surface area contributed by atoms with Crippen LogP contribution in [-0.2, 0) is 13.2 Å². The molecular formula is C17H19ClO3.